The average Bonchev–Trinajstić information content (AvgIpc) is 0.779. The lowest BCUT2D eigenvalue weighted by molar-refractivity contribution is 1.17. The lowest BCUT2D eigenvalue weighted by Crippen LogP contribution is -1.97. The van der Waals surface area contributed by atoms with E-state index in [9.17, 15) is 0 Å². The molecule has 6 aromatic heterocycles. The van der Waals surface area contributed by atoms with Crippen LogP contribution in [0.25, 0.3) is 201 Å². The van der Waals surface area contributed by atoms with E-state index in [2.05, 4.69) is 345 Å². The zero-order valence-corrected chi connectivity index (χ0v) is 65.2. The maximum absolute atomic E-state index is 5.26. The highest BCUT2D eigenvalue weighted by Crippen LogP contribution is 2.42. The monoisotopic (exact) mass is 1530 g/mol. The van der Waals surface area contributed by atoms with Crippen molar-refractivity contribution in [3.8, 4) is 201 Å². The van der Waals surface area contributed by atoms with E-state index in [4.69, 9.17) is 19.9 Å². The molecule has 0 bridgehead atoms. The zero-order chi connectivity index (χ0) is 80.2. The van der Waals surface area contributed by atoms with E-state index in [1.54, 1.807) is 12.7 Å². The van der Waals surface area contributed by atoms with Gasteiger partial charge in [0.15, 0.2) is 11.6 Å². The Bertz CT molecular complexity index is 6170. The van der Waals surface area contributed by atoms with Gasteiger partial charge in [0, 0.05) is 94.1 Å². The van der Waals surface area contributed by atoms with Gasteiger partial charge in [-0.25, -0.2) is 39.9 Å². The van der Waals surface area contributed by atoms with Crippen LogP contribution >= 0.6 is 0 Å². The number of pyridine rings is 2. The third kappa shape index (κ3) is 16.8. The minimum atomic E-state index is 0.654. The van der Waals surface area contributed by atoms with Crippen LogP contribution in [-0.2, 0) is 0 Å². The zero-order valence-electron chi connectivity index (χ0n) is 65.2. The van der Waals surface area contributed by atoms with E-state index < -0.39 is 0 Å². The highest BCUT2D eigenvalue weighted by Gasteiger charge is 2.19. The summed E-state index contributed by atoms with van der Waals surface area (Å²) in [6.07, 6.45) is 17.8. The summed E-state index contributed by atoms with van der Waals surface area (Å²) in [6.45, 7) is 0. The quantitative estimate of drug-likeness (QED) is 0.0819. The first-order valence-corrected chi connectivity index (χ1v) is 39.9. The van der Waals surface area contributed by atoms with E-state index in [0.717, 1.165) is 190 Å². The Balaban J connectivity index is 0.000000159. The molecule has 10 nitrogen and oxygen atoms in total. The van der Waals surface area contributed by atoms with Crippen molar-refractivity contribution in [1.82, 2.24) is 49.8 Å². The Labute approximate surface area is 697 Å². The standard InChI is InChI=1S/C56H38N4.C54H36N6/c1-3-11-41(12-4-1)54-38-55(42-13-5-2-6-14-42)60-56(59-54)53-36-51(49-21-9-19-47(33-49)45-17-7-15-43(31-45)39-23-27-57-28-24-39)35-52(37-53)50-22-10-20-48(34-50)46-18-8-16-44(32-46)40-25-29-58-30-26-40;1-3-11-37(12-4-1)52-30-53(38-13-5-2-6-14-38)60-54(59-52)49-28-47(43-19-7-15-39(23-43)41-17-9-21-45(25-41)50-31-55-35-56-32-50)27-48(29-49)44-20-8-16-40(24-44)42-18-10-22-46(26-42)51-33-57-36-58-34-51/h1-38H;1-36H. The molecule has 6 heterocycles. The van der Waals surface area contributed by atoms with Gasteiger partial charge in [0.25, 0.3) is 0 Å². The molecule has 564 valence electrons. The molecule has 0 unspecified atom stereocenters. The van der Waals surface area contributed by atoms with Crippen LogP contribution in [-0.4, -0.2) is 49.8 Å². The van der Waals surface area contributed by atoms with Crippen LogP contribution in [0.4, 0.5) is 0 Å². The lowest BCUT2D eigenvalue weighted by Gasteiger charge is -2.14. The van der Waals surface area contributed by atoms with Gasteiger partial charge in [-0.15, -0.1) is 0 Å². The van der Waals surface area contributed by atoms with Gasteiger partial charge in [-0.3, -0.25) is 9.97 Å². The molecule has 0 radical (unpaired) electrons. The van der Waals surface area contributed by atoms with Gasteiger partial charge in [0.05, 0.1) is 22.8 Å². The van der Waals surface area contributed by atoms with Gasteiger partial charge >= 0.3 is 0 Å². The largest absolute Gasteiger partial charge is 0.265 e. The third-order valence-electron chi connectivity index (χ3n) is 21.5. The second-order valence-corrected chi connectivity index (χ2v) is 29.4. The second-order valence-electron chi connectivity index (χ2n) is 29.4. The van der Waals surface area contributed by atoms with Gasteiger partial charge in [0.2, 0.25) is 0 Å². The normalized spacial score (nSPS) is 11.0. The van der Waals surface area contributed by atoms with E-state index in [1.165, 1.54) is 0 Å². The number of aromatic nitrogens is 10. The van der Waals surface area contributed by atoms with Crippen molar-refractivity contribution in [2.45, 2.75) is 0 Å². The Morgan fingerprint density at radius 2 is 0.292 bits per heavy atom. The van der Waals surface area contributed by atoms with E-state index in [-0.39, 0.29) is 0 Å². The molecule has 0 aliphatic carbocycles. The van der Waals surface area contributed by atoms with Gasteiger partial charge in [0.1, 0.15) is 12.7 Å². The fourth-order valence-corrected chi connectivity index (χ4v) is 15.4. The number of benzene rings is 14. The molecule has 14 aromatic carbocycles. The number of hydrogen-bond acceptors (Lipinski definition) is 10. The van der Waals surface area contributed by atoms with Crippen LogP contribution in [0.5, 0.6) is 0 Å². The summed E-state index contributed by atoms with van der Waals surface area (Å²) in [4.78, 5) is 46.4. The van der Waals surface area contributed by atoms with Crippen molar-refractivity contribution < 1.29 is 0 Å². The highest BCUT2D eigenvalue weighted by atomic mass is 14.9. The summed E-state index contributed by atoms with van der Waals surface area (Å²) in [5.74, 6) is 1.32. The Morgan fingerprint density at radius 1 is 0.117 bits per heavy atom. The smallest absolute Gasteiger partial charge is 0.160 e. The predicted octanol–water partition coefficient (Wildman–Crippen LogP) is 27.3. The number of rotatable bonds is 18. The summed E-state index contributed by atoms with van der Waals surface area (Å²) < 4.78 is 0. The number of hydrogen-bond donors (Lipinski definition) is 0. The fourth-order valence-electron chi connectivity index (χ4n) is 15.4. The van der Waals surface area contributed by atoms with Crippen LogP contribution in [0.3, 0.4) is 0 Å². The van der Waals surface area contributed by atoms with Crippen molar-refractivity contribution in [3.63, 3.8) is 0 Å². The van der Waals surface area contributed by atoms with Crippen LogP contribution < -0.4 is 0 Å². The molecule has 0 aliphatic heterocycles. The first-order valence-electron chi connectivity index (χ1n) is 39.9. The van der Waals surface area contributed by atoms with Crippen molar-refractivity contribution >= 4 is 0 Å². The van der Waals surface area contributed by atoms with Gasteiger partial charge < -0.3 is 0 Å². The molecule has 0 N–H and O–H groups in total. The highest BCUT2D eigenvalue weighted by molar-refractivity contribution is 5.89. The molecule has 0 saturated heterocycles. The molecule has 20 rings (SSSR count). The van der Waals surface area contributed by atoms with Gasteiger partial charge in [-0.1, -0.05) is 267 Å². The van der Waals surface area contributed by atoms with E-state index >= 15 is 0 Å². The van der Waals surface area contributed by atoms with Crippen molar-refractivity contribution in [1.29, 1.82) is 0 Å². The van der Waals surface area contributed by atoms with E-state index in [1.807, 2.05) is 122 Å². The Morgan fingerprint density at radius 3 is 0.517 bits per heavy atom. The molecule has 0 spiro atoms. The van der Waals surface area contributed by atoms with Crippen LogP contribution in [0.15, 0.2) is 450 Å². The van der Waals surface area contributed by atoms with Gasteiger partial charge in [-0.05, 0) is 244 Å². The summed E-state index contributed by atoms with van der Waals surface area (Å²) in [6, 6.07) is 137. The van der Waals surface area contributed by atoms with E-state index in [0.29, 0.717) is 11.6 Å². The van der Waals surface area contributed by atoms with Crippen LogP contribution in [0.1, 0.15) is 0 Å². The molecule has 0 atom stereocenters. The molecular formula is C110H74N10. The molecule has 20 aromatic rings. The third-order valence-corrected chi connectivity index (χ3v) is 21.5. The first kappa shape index (κ1) is 73.8. The Hall–Kier alpha value is -16.3. The number of nitrogens with zero attached hydrogens (tertiary/aromatic N) is 10. The molecule has 0 saturated carbocycles. The fraction of sp³-hybridized carbons (Fsp3) is 0. The minimum absolute atomic E-state index is 0.654. The van der Waals surface area contributed by atoms with Crippen LogP contribution in [0, 0.1) is 0 Å². The molecule has 10 heteroatoms. The van der Waals surface area contributed by atoms with Gasteiger partial charge in [-0.2, -0.15) is 0 Å². The molecule has 120 heavy (non-hydrogen) atoms. The summed E-state index contributed by atoms with van der Waals surface area (Å²) in [5, 5.41) is 0. The summed E-state index contributed by atoms with van der Waals surface area (Å²) in [5.41, 5.74) is 35.8. The maximum Gasteiger partial charge on any atom is 0.160 e. The Kier molecular flexibility index (Phi) is 21.2. The molecule has 0 fully saturated rings. The molecule has 0 aliphatic rings. The van der Waals surface area contributed by atoms with Crippen LogP contribution in [0.2, 0.25) is 0 Å². The molecule has 0 amide bonds. The SMILES string of the molecule is c1ccc(-c2cc(-c3ccccc3)nc(-c3cc(-c4cccc(-c5cccc(-c6ccncc6)c5)c4)cc(-c4cccc(-c5cccc(-c6ccncc6)c5)c4)c3)n2)cc1.c1ccc(-c2cc(-c3ccccc3)nc(-c3cc(-c4cccc(-c5cccc(-c6cncnc6)c5)c4)cc(-c4cccc(-c5cccc(-c6cncnc6)c5)c4)c3)n2)cc1. The second kappa shape index (κ2) is 34.4. The first-order chi connectivity index (χ1) is 59.4. The van der Waals surface area contributed by atoms with Crippen molar-refractivity contribution in [2.24, 2.45) is 0 Å². The minimum Gasteiger partial charge on any atom is -0.265 e. The van der Waals surface area contributed by atoms with Crippen molar-refractivity contribution in [2.75, 3.05) is 0 Å². The topological polar surface area (TPSA) is 129 Å². The summed E-state index contributed by atoms with van der Waals surface area (Å²) in [7, 11) is 0. The maximum atomic E-state index is 5.26. The summed E-state index contributed by atoms with van der Waals surface area (Å²) >= 11 is 0. The lowest BCUT2D eigenvalue weighted by atomic mass is 9.92. The predicted molar refractivity (Wildman–Crippen MR) is 489 cm³/mol. The average molecular weight is 1540 g/mol. The molecular weight excluding hydrogens is 1460 g/mol. The van der Waals surface area contributed by atoms with Crippen molar-refractivity contribution in [3.05, 3.63) is 450 Å².